The number of carbonyl (C=O) groups excluding carboxylic acids is 1. The van der Waals surface area contributed by atoms with Gasteiger partial charge in [-0.15, -0.1) is 0 Å². The highest BCUT2D eigenvalue weighted by molar-refractivity contribution is 6.35. The lowest BCUT2D eigenvalue weighted by Crippen LogP contribution is -2.31. The fraction of sp³-hybridized carbons (Fsp3) is 0.125. The van der Waals surface area contributed by atoms with Crippen LogP contribution >= 0.6 is 11.6 Å². The van der Waals surface area contributed by atoms with E-state index in [0.29, 0.717) is 0 Å². The fourth-order valence-electron chi connectivity index (χ4n) is 0.773. The van der Waals surface area contributed by atoms with Gasteiger partial charge in [0.15, 0.2) is 0 Å². The van der Waals surface area contributed by atoms with Crippen molar-refractivity contribution in [3.05, 3.63) is 35.9 Å². The zero-order valence-electron chi connectivity index (χ0n) is 6.07. The van der Waals surface area contributed by atoms with E-state index in [1.54, 1.807) is 18.2 Å². The van der Waals surface area contributed by atoms with E-state index in [4.69, 9.17) is 21.8 Å². The third kappa shape index (κ3) is 2.04. The lowest BCUT2D eigenvalue weighted by atomic mass is 10.1. The second-order valence-corrected chi connectivity index (χ2v) is 2.81. The summed E-state index contributed by atoms with van der Waals surface area (Å²) in [5, 5.41) is 14.6. The molecule has 0 aliphatic rings. The van der Waals surface area contributed by atoms with E-state index in [1.165, 1.54) is 12.1 Å². The Balaban J connectivity index is 2.94. The van der Waals surface area contributed by atoms with Crippen LogP contribution in [0.4, 0.5) is 0 Å². The van der Waals surface area contributed by atoms with E-state index in [0.717, 1.165) is 0 Å². The van der Waals surface area contributed by atoms with Gasteiger partial charge in [-0.25, -0.2) is 0 Å². The molecule has 0 amide bonds. The van der Waals surface area contributed by atoms with Crippen LogP contribution in [-0.2, 0) is 0 Å². The number of benzene rings is 1. The molecule has 0 unspecified atom stereocenters. The molecule has 0 heterocycles. The average Bonchev–Trinajstić information content (AvgIpc) is 2.03. The Morgan fingerprint density at radius 2 is 1.75 bits per heavy atom. The van der Waals surface area contributed by atoms with Crippen LogP contribution < -0.4 is 0 Å². The molecule has 0 saturated carbocycles. The molecule has 1 aromatic carbocycles. The summed E-state index contributed by atoms with van der Waals surface area (Å²) in [6, 6.07) is 7.82. The van der Waals surface area contributed by atoms with E-state index in [1.807, 2.05) is 0 Å². The zero-order chi connectivity index (χ0) is 9.19. The van der Waals surface area contributed by atoms with Crippen LogP contribution in [0.15, 0.2) is 30.3 Å². The summed E-state index contributed by atoms with van der Waals surface area (Å²) < 4.78 is 0. The van der Waals surface area contributed by atoms with E-state index in [-0.39, 0.29) is 5.56 Å². The van der Waals surface area contributed by atoms with E-state index in [9.17, 15) is 4.79 Å². The molecule has 0 aliphatic carbocycles. The maximum Gasteiger partial charge on any atom is 0.310 e. The van der Waals surface area contributed by atoms with Gasteiger partial charge in [-0.2, -0.15) is 0 Å². The minimum Gasteiger partial charge on any atom is -0.347 e. The topological polar surface area (TPSA) is 57.5 Å². The van der Waals surface area contributed by atoms with Gasteiger partial charge in [0.05, 0.1) is 0 Å². The molecule has 0 saturated heterocycles. The molecule has 2 N–H and O–H groups in total. The van der Waals surface area contributed by atoms with Crippen LogP contribution in [0, 0.1) is 0 Å². The summed E-state index contributed by atoms with van der Waals surface area (Å²) in [4.78, 5) is 11.0. The minimum absolute atomic E-state index is 0.164. The maximum atomic E-state index is 11.0. The number of hydrogen-bond donors (Lipinski definition) is 2. The first-order valence-corrected chi connectivity index (χ1v) is 3.63. The number of Topliss-reactive ketones (excluding diaryl/α,β-unsaturated/α-hetero) is 1. The Bertz CT molecular complexity index is 276. The number of hydrogen-bond acceptors (Lipinski definition) is 3. The summed E-state index contributed by atoms with van der Waals surface area (Å²) in [6.07, 6.45) is 0. The normalized spacial score (nSPS) is 11.2. The second kappa shape index (κ2) is 3.23. The Morgan fingerprint density at radius 1 is 1.25 bits per heavy atom. The lowest BCUT2D eigenvalue weighted by Gasteiger charge is -2.10. The van der Waals surface area contributed by atoms with Gasteiger partial charge in [0.2, 0.25) is 5.78 Å². The molecule has 3 nitrogen and oxygen atoms in total. The first kappa shape index (κ1) is 9.19. The second-order valence-electron chi connectivity index (χ2n) is 2.28. The Kier molecular flexibility index (Phi) is 2.47. The first-order chi connectivity index (χ1) is 5.52. The predicted molar refractivity (Wildman–Crippen MR) is 43.8 cm³/mol. The zero-order valence-corrected chi connectivity index (χ0v) is 6.82. The largest absolute Gasteiger partial charge is 0.347 e. The van der Waals surface area contributed by atoms with Gasteiger partial charge >= 0.3 is 5.25 Å². The summed E-state index contributed by atoms with van der Waals surface area (Å²) in [5.74, 6) is -0.926. The molecule has 0 aromatic heterocycles. The molecule has 1 aromatic rings. The van der Waals surface area contributed by atoms with Gasteiger partial charge in [0, 0.05) is 5.56 Å². The van der Waals surface area contributed by atoms with E-state index >= 15 is 0 Å². The van der Waals surface area contributed by atoms with E-state index < -0.39 is 11.0 Å². The molecule has 0 radical (unpaired) electrons. The SMILES string of the molecule is O=C(c1ccccc1)C(O)(O)Cl. The number of rotatable bonds is 2. The molecule has 0 bridgehead atoms. The highest BCUT2D eigenvalue weighted by Gasteiger charge is 2.30. The van der Waals surface area contributed by atoms with Crippen molar-refractivity contribution in [2.75, 3.05) is 0 Å². The molecule has 0 fully saturated rings. The van der Waals surface area contributed by atoms with Crippen molar-refractivity contribution >= 4 is 17.4 Å². The Labute approximate surface area is 74.2 Å². The number of carbonyl (C=O) groups is 1. The predicted octanol–water partition coefficient (Wildman–Crippen LogP) is 0.746. The Morgan fingerprint density at radius 3 is 2.17 bits per heavy atom. The van der Waals surface area contributed by atoms with Crippen LogP contribution in [0.25, 0.3) is 0 Å². The molecular formula is C8H7ClO3. The molecule has 1 rings (SSSR count). The summed E-state index contributed by atoms with van der Waals surface area (Å²) in [7, 11) is 0. The molecule has 0 atom stereocenters. The van der Waals surface area contributed by atoms with Crippen LogP contribution in [0.5, 0.6) is 0 Å². The molecule has 0 aliphatic heterocycles. The first-order valence-electron chi connectivity index (χ1n) is 3.25. The highest BCUT2D eigenvalue weighted by Crippen LogP contribution is 2.14. The number of alkyl halides is 1. The van der Waals surface area contributed by atoms with Gasteiger partial charge in [-0.05, 0) is 11.6 Å². The van der Waals surface area contributed by atoms with Crippen molar-refractivity contribution in [2.24, 2.45) is 0 Å². The summed E-state index contributed by atoms with van der Waals surface area (Å²) in [5.41, 5.74) is 0.164. The summed E-state index contributed by atoms with van der Waals surface area (Å²) in [6.45, 7) is 0. The highest BCUT2D eigenvalue weighted by atomic mass is 35.5. The van der Waals surface area contributed by atoms with Crippen molar-refractivity contribution in [1.29, 1.82) is 0 Å². The Hall–Kier alpha value is -0.900. The molecule has 64 valence electrons. The van der Waals surface area contributed by atoms with E-state index in [2.05, 4.69) is 0 Å². The summed E-state index contributed by atoms with van der Waals surface area (Å²) >= 11 is 4.98. The van der Waals surface area contributed by atoms with Crippen molar-refractivity contribution in [3.63, 3.8) is 0 Å². The molecule has 0 spiro atoms. The smallest absolute Gasteiger partial charge is 0.310 e. The van der Waals surface area contributed by atoms with Crippen LogP contribution in [0.2, 0.25) is 0 Å². The number of ketones is 1. The number of halogens is 1. The van der Waals surface area contributed by atoms with Crippen molar-refractivity contribution in [3.8, 4) is 0 Å². The lowest BCUT2D eigenvalue weighted by molar-refractivity contribution is -0.0544. The molecule has 12 heavy (non-hydrogen) atoms. The quantitative estimate of drug-likeness (QED) is 0.407. The third-order valence-electron chi connectivity index (χ3n) is 1.32. The fourth-order valence-corrected chi connectivity index (χ4v) is 0.882. The van der Waals surface area contributed by atoms with Crippen molar-refractivity contribution in [1.82, 2.24) is 0 Å². The third-order valence-corrected chi connectivity index (χ3v) is 1.50. The van der Waals surface area contributed by atoms with Crippen LogP contribution in [0.1, 0.15) is 10.4 Å². The maximum absolute atomic E-state index is 11.0. The van der Waals surface area contributed by atoms with Crippen molar-refractivity contribution in [2.45, 2.75) is 5.25 Å². The molecule has 4 heteroatoms. The van der Waals surface area contributed by atoms with Gasteiger partial charge < -0.3 is 10.2 Å². The monoisotopic (exact) mass is 186 g/mol. The standard InChI is InChI=1S/C8H7ClO3/c9-8(11,12)7(10)6-4-2-1-3-5-6/h1-5,11-12H. The van der Waals surface area contributed by atoms with Gasteiger partial charge in [-0.3, -0.25) is 4.79 Å². The van der Waals surface area contributed by atoms with Crippen LogP contribution in [-0.4, -0.2) is 21.2 Å². The van der Waals surface area contributed by atoms with Gasteiger partial charge in [-0.1, -0.05) is 30.3 Å². The van der Waals surface area contributed by atoms with Crippen LogP contribution in [0.3, 0.4) is 0 Å². The minimum atomic E-state index is -2.80. The van der Waals surface area contributed by atoms with Gasteiger partial charge in [0.25, 0.3) is 0 Å². The van der Waals surface area contributed by atoms with Gasteiger partial charge in [0.1, 0.15) is 0 Å². The molecular weight excluding hydrogens is 180 g/mol. The van der Waals surface area contributed by atoms with Crippen molar-refractivity contribution < 1.29 is 15.0 Å². The average molecular weight is 187 g/mol. The number of aliphatic hydroxyl groups is 2.